The van der Waals surface area contributed by atoms with Crippen molar-refractivity contribution in [2.24, 2.45) is 0 Å². The van der Waals surface area contributed by atoms with Gasteiger partial charge < -0.3 is 19.3 Å². The van der Waals surface area contributed by atoms with Crippen LogP contribution in [-0.2, 0) is 20.6 Å². The molecule has 1 unspecified atom stereocenters. The van der Waals surface area contributed by atoms with E-state index in [4.69, 9.17) is 19.3 Å². The van der Waals surface area contributed by atoms with Gasteiger partial charge in [-0.05, 0) is 13.0 Å². The van der Waals surface area contributed by atoms with Gasteiger partial charge in [-0.15, -0.1) is 0 Å². The summed E-state index contributed by atoms with van der Waals surface area (Å²) in [5.74, 6) is -1.20. The minimum absolute atomic E-state index is 0.0610. The number of rotatable bonds is 10. The molecule has 22 heavy (non-hydrogen) atoms. The summed E-state index contributed by atoms with van der Waals surface area (Å²) in [5.41, 5.74) is 0.0713. The van der Waals surface area contributed by atoms with Crippen LogP contribution in [0.3, 0.4) is 0 Å². The molecule has 0 amide bonds. The number of nitro benzene ring substituents is 1. The number of carbonyl (C=O) groups is 1. The Balaban J connectivity index is 2.64. The lowest BCUT2D eigenvalue weighted by Crippen LogP contribution is -2.16. The summed E-state index contributed by atoms with van der Waals surface area (Å²) >= 11 is 0. The molecule has 0 saturated heterocycles. The van der Waals surface area contributed by atoms with Crippen molar-refractivity contribution >= 4 is 11.7 Å². The first-order valence-corrected chi connectivity index (χ1v) is 6.64. The predicted molar refractivity (Wildman–Crippen MR) is 77.0 cm³/mol. The molecular formula is C14H19NO7. The Kier molecular flexibility index (Phi) is 7.44. The predicted octanol–water partition coefficient (Wildman–Crippen LogP) is 1.86. The molecular weight excluding hydrogens is 294 g/mol. The van der Waals surface area contributed by atoms with E-state index in [1.807, 2.05) is 0 Å². The minimum atomic E-state index is -1.20. The fraction of sp³-hybridized carbons (Fsp3) is 0.500. The van der Waals surface area contributed by atoms with Crippen LogP contribution in [-0.4, -0.2) is 49.2 Å². The summed E-state index contributed by atoms with van der Waals surface area (Å²) in [7, 11) is 1.56. The van der Waals surface area contributed by atoms with Crippen LogP contribution >= 0.6 is 0 Å². The molecule has 1 aromatic carbocycles. The zero-order valence-electron chi connectivity index (χ0n) is 12.5. The zero-order chi connectivity index (χ0) is 16.5. The molecule has 0 aliphatic heterocycles. The molecule has 0 spiro atoms. The van der Waals surface area contributed by atoms with E-state index in [0.29, 0.717) is 18.8 Å². The van der Waals surface area contributed by atoms with Crippen molar-refractivity contribution in [3.63, 3.8) is 0 Å². The lowest BCUT2D eigenvalue weighted by atomic mass is 10.0. The SMILES string of the molecule is COCCOCOC(C)Cc1ccc(C(=O)O)cc1[N+](=O)[O-]. The van der Waals surface area contributed by atoms with Crippen LogP contribution in [0.25, 0.3) is 0 Å². The third-order valence-electron chi connectivity index (χ3n) is 2.90. The van der Waals surface area contributed by atoms with Gasteiger partial charge in [0, 0.05) is 25.2 Å². The van der Waals surface area contributed by atoms with E-state index in [1.54, 1.807) is 14.0 Å². The van der Waals surface area contributed by atoms with E-state index in [1.165, 1.54) is 12.1 Å². The minimum Gasteiger partial charge on any atom is -0.478 e. The van der Waals surface area contributed by atoms with Crippen LogP contribution in [0.4, 0.5) is 5.69 Å². The van der Waals surface area contributed by atoms with Crippen molar-refractivity contribution < 1.29 is 29.0 Å². The van der Waals surface area contributed by atoms with Crippen LogP contribution in [0.15, 0.2) is 18.2 Å². The lowest BCUT2D eigenvalue weighted by Gasteiger charge is -2.13. The van der Waals surface area contributed by atoms with E-state index >= 15 is 0 Å². The lowest BCUT2D eigenvalue weighted by molar-refractivity contribution is -0.385. The molecule has 122 valence electrons. The van der Waals surface area contributed by atoms with Crippen molar-refractivity contribution in [3.05, 3.63) is 39.4 Å². The van der Waals surface area contributed by atoms with Gasteiger partial charge in [0.2, 0.25) is 0 Å². The second-order valence-corrected chi connectivity index (χ2v) is 4.61. The largest absolute Gasteiger partial charge is 0.478 e. The first kappa shape index (κ1) is 18.0. The van der Waals surface area contributed by atoms with Crippen LogP contribution < -0.4 is 0 Å². The fourth-order valence-corrected chi connectivity index (χ4v) is 1.77. The van der Waals surface area contributed by atoms with Crippen molar-refractivity contribution in [3.8, 4) is 0 Å². The quantitative estimate of drug-likeness (QED) is 0.304. The molecule has 1 atom stereocenters. The number of methoxy groups -OCH3 is 1. The van der Waals surface area contributed by atoms with Crippen molar-refractivity contribution in [1.29, 1.82) is 0 Å². The van der Waals surface area contributed by atoms with Crippen LogP contribution in [0, 0.1) is 10.1 Å². The van der Waals surface area contributed by atoms with Crippen LogP contribution in [0.5, 0.6) is 0 Å². The average Bonchev–Trinajstić information content (AvgIpc) is 2.47. The summed E-state index contributed by atoms with van der Waals surface area (Å²) < 4.78 is 15.4. The van der Waals surface area contributed by atoms with Gasteiger partial charge in [-0.1, -0.05) is 6.07 Å². The first-order valence-electron chi connectivity index (χ1n) is 6.64. The average molecular weight is 313 g/mol. The van der Waals surface area contributed by atoms with Gasteiger partial charge in [0.05, 0.1) is 29.8 Å². The Labute approximate surface area is 127 Å². The van der Waals surface area contributed by atoms with Gasteiger partial charge in [0.15, 0.2) is 0 Å². The van der Waals surface area contributed by atoms with Crippen molar-refractivity contribution in [2.75, 3.05) is 27.1 Å². The second kappa shape index (κ2) is 9.08. The van der Waals surface area contributed by atoms with E-state index in [0.717, 1.165) is 6.07 Å². The maximum absolute atomic E-state index is 11.0. The molecule has 1 rings (SSSR count). The topological polar surface area (TPSA) is 108 Å². The number of carboxylic acids is 1. The van der Waals surface area contributed by atoms with Crippen LogP contribution in [0.2, 0.25) is 0 Å². The van der Waals surface area contributed by atoms with Crippen molar-refractivity contribution in [2.45, 2.75) is 19.4 Å². The molecule has 0 aliphatic carbocycles. The normalized spacial score (nSPS) is 12.1. The first-order chi connectivity index (χ1) is 10.5. The van der Waals surface area contributed by atoms with E-state index < -0.39 is 10.9 Å². The highest BCUT2D eigenvalue weighted by molar-refractivity contribution is 5.88. The second-order valence-electron chi connectivity index (χ2n) is 4.61. The molecule has 8 nitrogen and oxygen atoms in total. The maximum atomic E-state index is 11.0. The smallest absolute Gasteiger partial charge is 0.335 e. The number of ether oxygens (including phenoxy) is 3. The summed E-state index contributed by atoms with van der Waals surface area (Å²) in [4.78, 5) is 21.3. The molecule has 0 saturated carbocycles. The number of benzene rings is 1. The number of carboxylic acid groups (broad SMARTS) is 1. The highest BCUT2D eigenvalue weighted by atomic mass is 16.7. The molecule has 0 radical (unpaired) electrons. The number of aromatic carboxylic acids is 1. The van der Waals surface area contributed by atoms with Gasteiger partial charge in [-0.2, -0.15) is 0 Å². The summed E-state index contributed by atoms with van der Waals surface area (Å²) in [6, 6.07) is 3.83. The highest BCUT2D eigenvalue weighted by Crippen LogP contribution is 2.22. The van der Waals surface area contributed by atoms with Crippen molar-refractivity contribution in [1.82, 2.24) is 0 Å². The monoisotopic (exact) mass is 313 g/mol. The fourth-order valence-electron chi connectivity index (χ4n) is 1.77. The Morgan fingerprint density at radius 2 is 2.14 bits per heavy atom. The number of hydrogen-bond acceptors (Lipinski definition) is 6. The molecule has 8 heteroatoms. The van der Waals surface area contributed by atoms with Gasteiger partial charge in [0.25, 0.3) is 5.69 Å². The molecule has 0 aromatic heterocycles. The number of hydrogen-bond donors (Lipinski definition) is 1. The maximum Gasteiger partial charge on any atom is 0.335 e. The Morgan fingerprint density at radius 1 is 1.41 bits per heavy atom. The Hall–Kier alpha value is -2.03. The zero-order valence-corrected chi connectivity index (χ0v) is 12.5. The van der Waals surface area contributed by atoms with Gasteiger partial charge >= 0.3 is 5.97 Å². The number of nitro groups is 1. The third-order valence-corrected chi connectivity index (χ3v) is 2.90. The van der Waals surface area contributed by atoms with E-state index in [-0.39, 0.29) is 30.6 Å². The molecule has 1 aromatic rings. The molecule has 0 aliphatic rings. The van der Waals surface area contributed by atoms with E-state index in [9.17, 15) is 14.9 Å². The van der Waals surface area contributed by atoms with Gasteiger partial charge in [0.1, 0.15) is 6.79 Å². The Morgan fingerprint density at radius 3 is 2.73 bits per heavy atom. The molecule has 0 heterocycles. The molecule has 0 bridgehead atoms. The van der Waals surface area contributed by atoms with Crippen LogP contribution in [0.1, 0.15) is 22.8 Å². The Bertz CT molecular complexity index is 518. The summed E-state index contributed by atoms with van der Waals surface area (Å²) in [6.07, 6.45) is -0.0268. The van der Waals surface area contributed by atoms with E-state index in [2.05, 4.69) is 0 Å². The highest BCUT2D eigenvalue weighted by Gasteiger charge is 2.19. The molecule has 1 N–H and O–H groups in total. The van der Waals surface area contributed by atoms with Gasteiger partial charge in [-0.25, -0.2) is 4.79 Å². The number of nitrogens with zero attached hydrogens (tertiary/aromatic N) is 1. The third kappa shape index (κ3) is 5.76. The van der Waals surface area contributed by atoms with Gasteiger partial charge in [-0.3, -0.25) is 10.1 Å². The molecule has 0 fully saturated rings. The summed E-state index contributed by atoms with van der Waals surface area (Å²) in [6.45, 7) is 2.68. The standard InChI is InChI=1S/C14H19NO7/c1-10(22-9-21-6-5-20-2)7-11-3-4-12(14(16)17)8-13(11)15(18)19/h3-4,8,10H,5-7,9H2,1-2H3,(H,16,17). The summed E-state index contributed by atoms with van der Waals surface area (Å²) in [5, 5.41) is 19.9.